The summed E-state index contributed by atoms with van der Waals surface area (Å²) in [4.78, 5) is 17.5. The van der Waals surface area contributed by atoms with Crippen LogP contribution in [0.4, 0.5) is 5.95 Å². The van der Waals surface area contributed by atoms with Crippen LogP contribution in [0, 0.1) is 0 Å². The lowest BCUT2D eigenvalue weighted by atomic mass is 10.3. The van der Waals surface area contributed by atoms with Gasteiger partial charge in [0.15, 0.2) is 11.8 Å². The quantitative estimate of drug-likeness (QED) is 0.327. The van der Waals surface area contributed by atoms with Crippen LogP contribution in [0.5, 0.6) is 0 Å². The number of aliphatic imine (C=N–C) groups is 1. The second-order valence-electron chi connectivity index (χ2n) is 6.38. The van der Waals surface area contributed by atoms with Crippen molar-refractivity contribution in [3.05, 3.63) is 60.9 Å². The van der Waals surface area contributed by atoms with Gasteiger partial charge in [0, 0.05) is 51.3 Å². The van der Waals surface area contributed by atoms with E-state index in [0.717, 1.165) is 49.6 Å². The van der Waals surface area contributed by atoms with E-state index in [1.54, 1.807) is 25.8 Å². The minimum atomic E-state index is 0. The van der Waals surface area contributed by atoms with Gasteiger partial charge < -0.3 is 15.1 Å². The summed E-state index contributed by atoms with van der Waals surface area (Å²) in [6.45, 7) is 3.95. The summed E-state index contributed by atoms with van der Waals surface area (Å²) in [6.07, 6.45) is 5.28. The van der Waals surface area contributed by atoms with Crippen molar-refractivity contribution in [1.29, 1.82) is 0 Å². The third kappa shape index (κ3) is 5.00. The number of nitrogens with zero attached hydrogens (tertiary/aromatic N) is 8. The molecule has 0 aliphatic carbocycles. The molecule has 1 N–H and O–H groups in total. The monoisotopic (exact) mass is 505 g/mol. The Morgan fingerprint density at radius 3 is 2.45 bits per heavy atom. The molecular weight excluding hydrogens is 481 g/mol. The summed E-state index contributed by atoms with van der Waals surface area (Å²) in [5.41, 5.74) is 1.04. The molecule has 29 heavy (non-hydrogen) atoms. The second-order valence-corrected chi connectivity index (χ2v) is 6.38. The van der Waals surface area contributed by atoms with Crippen LogP contribution >= 0.6 is 24.0 Å². The lowest BCUT2D eigenvalue weighted by Crippen LogP contribution is -2.52. The summed E-state index contributed by atoms with van der Waals surface area (Å²) >= 11 is 0. The van der Waals surface area contributed by atoms with E-state index in [0.29, 0.717) is 6.54 Å². The highest BCUT2D eigenvalue weighted by Crippen LogP contribution is 2.11. The van der Waals surface area contributed by atoms with Crippen LogP contribution < -0.4 is 10.2 Å². The van der Waals surface area contributed by atoms with Gasteiger partial charge in [-0.15, -0.1) is 34.2 Å². The SMILES string of the molecule is CN=C(NCc1nncn1-c1ccccc1)N1CCN(c2ncccn2)CC1.I. The van der Waals surface area contributed by atoms with Gasteiger partial charge in [0.05, 0.1) is 6.54 Å². The van der Waals surface area contributed by atoms with Crippen LogP contribution in [0.2, 0.25) is 0 Å². The lowest BCUT2D eigenvalue weighted by molar-refractivity contribution is 0.369. The zero-order chi connectivity index (χ0) is 19.2. The Kier molecular flexibility index (Phi) is 7.33. The van der Waals surface area contributed by atoms with Crippen LogP contribution in [0.25, 0.3) is 5.69 Å². The Bertz CT molecular complexity index is 906. The number of benzene rings is 1. The fourth-order valence-corrected chi connectivity index (χ4v) is 3.25. The Morgan fingerprint density at radius 1 is 1.03 bits per heavy atom. The molecule has 2 aromatic heterocycles. The molecule has 9 nitrogen and oxygen atoms in total. The zero-order valence-corrected chi connectivity index (χ0v) is 18.5. The number of guanidine groups is 1. The average Bonchev–Trinajstić information content (AvgIpc) is 3.24. The first kappa shape index (κ1) is 21.0. The molecule has 1 aliphatic rings. The van der Waals surface area contributed by atoms with E-state index < -0.39 is 0 Å². The molecule has 0 saturated carbocycles. The topological polar surface area (TPSA) is 87.4 Å². The maximum atomic E-state index is 4.44. The molecule has 3 heterocycles. The minimum Gasteiger partial charge on any atom is -0.349 e. The summed E-state index contributed by atoms with van der Waals surface area (Å²) in [5.74, 6) is 2.47. The largest absolute Gasteiger partial charge is 0.349 e. The van der Waals surface area contributed by atoms with Gasteiger partial charge in [-0.2, -0.15) is 0 Å². The summed E-state index contributed by atoms with van der Waals surface area (Å²) in [5, 5.41) is 11.7. The number of aromatic nitrogens is 5. The fourth-order valence-electron chi connectivity index (χ4n) is 3.25. The van der Waals surface area contributed by atoms with Crippen molar-refractivity contribution in [2.24, 2.45) is 4.99 Å². The predicted octanol–water partition coefficient (Wildman–Crippen LogP) is 1.57. The molecule has 0 spiro atoms. The second kappa shape index (κ2) is 10.1. The van der Waals surface area contributed by atoms with Gasteiger partial charge in [-0.3, -0.25) is 9.56 Å². The number of piperazine rings is 1. The normalized spacial score (nSPS) is 14.4. The number of rotatable bonds is 4. The van der Waals surface area contributed by atoms with Crippen molar-refractivity contribution >= 4 is 35.9 Å². The van der Waals surface area contributed by atoms with Crippen molar-refractivity contribution in [3.63, 3.8) is 0 Å². The summed E-state index contributed by atoms with van der Waals surface area (Å²) in [7, 11) is 1.80. The molecule has 0 atom stereocenters. The van der Waals surface area contributed by atoms with E-state index in [1.165, 1.54) is 0 Å². The van der Waals surface area contributed by atoms with Gasteiger partial charge in [-0.05, 0) is 18.2 Å². The van der Waals surface area contributed by atoms with Gasteiger partial charge in [-0.25, -0.2) is 9.97 Å². The van der Waals surface area contributed by atoms with E-state index in [1.807, 2.05) is 41.0 Å². The highest BCUT2D eigenvalue weighted by atomic mass is 127. The Hall–Kier alpha value is -2.76. The van der Waals surface area contributed by atoms with Crippen molar-refractivity contribution in [3.8, 4) is 5.69 Å². The van der Waals surface area contributed by atoms with E-state index >= 15 is 0 Å². The minimum absolute atomic E-state index is 0. The van der Waals surface area contributed by atoms with Gasteiger partial charge in [0.2, 0.25) is 5.95 Å². The molecule has 0 amide bonds. The van der Waals surface area contributed by atoms with Gasteiger partial charge in [-0.1, -0.05) is 18.2 Å². The van der Waals surface area contributed by atoms with Gasteiger partial charge in [0.25, 0.3) is 0 Å². The average molecular weight is 505 g/mol. The first-order valence-electron chi connectivity index (χ1n) is 9.27. The van der Waals surface area contributed by atoms with Crippen LogP contribution in [-0.2, 0) is 6.54 Å². The molecule has 0 radical (unpaired) electrons. The van der Waals surface area contributed by atoms with E-state index in [2.05, 4.69) is 40.3 Å². The third-order valence-electron chi connectivity index (χ3n) is 4.68. The van der Waals surface area contributed by atoms with E-state index in [9.17, 15) is 0 Å². The number of nitrogens with one attached hydrogen (secondary N) is 1. The van der Waals surface area contributed by atoms with Crippen LogP contribution in [0.1, 0.15) is 5.82 Å². The summed E-state index contributed by atoms with van der Waals surface area (Å²) in [6, 6.07) is 11.9. The van der Waals surface area contributed by atoms with E-state index in [-0.39, 0.29) is 24.0 Å². The molecule has 1 aliphatic heterocycles. The number of halogens is 1. The molecule has 152 valence electrons. The smallest absolute Gasteiger partial charge is 0.225 e. The third-order valence-corrected chi connectivity index (χ3v) is 4.68. The van der Waals surface area contributed by atoms with Crippen LogP contribution in [0.3, 0.4) is 0 Å². The highest BCUT2D eigenvalue weighted by Gasteiger charge is 2.21. The zero-order valence-electron chi connectivity index (χ0n) is 16.2. The molecule has 4 rings (SSSR count). The molecule has 1 fully saturated rings. The van der Waals surface area contributed by atoms with Gasteiger partial charge in [0.1, 0.15) is 6.33 Å². The number of anilines is 1. The first-order valence-corrected chi connectivity index (χ1v) is 9.27. The Balaban J connectivity index is 0.00000240. The Labute approximate surface area is 186 Å². The van der Waals surface area contributed by atoms with Crippen molar-refractivity contribution in [2.45, 2.75) is 6.54 Å². The van der Waals surface area contributed by atoms with Gasteiger partial charge >= 0.3 is 0 Å². The van der Waals surface area contributed by atoms with Crippen molar-refractivity contribution in [2.75, 3.05) is 38.1 Å². The Morgan fingerprint density at radius 2 is 1.76 bits per heavy atom. The number of hydrogen-bond donors (Lipinski definition) is 1. The lowest BCUT2D eigenvalue weighted by Gasteiger charge is -2.36. The van der Waals surface area contributed by atoms with E-state index in [4.69, 9.17) is 0 Å². The van der Waals surface area contributed by atoms with Crippen molar-refractivity contribution in [1.82, 2.24) is 34.9 Å². The number of hydrogen-bond acceptors (Lipinski definition) is 6. The standard InChI is InChI=1S/C19H23N9.HI/c1-20-18(26-10-12-27(13-11-26)19-21-8-5-9-22-19)23-14-17-25-24-15-28(17)16-6-3-2-4-7-16;/h2-9,15H,10-14H2,1H3,(H,20,23);1H. The summed E-state index contributed by atoms with van der Waals surface area (Å²) < 4.78 is 1.98. The van der Waals surface area contributed by atoms with Crippen molar-refractivity contribution < 1.29 is 0 Å². The predicted molar refractivity (Wildman–Crippen MR) is 123 cm³/mol. The molecule has 1 aromatic carbocycles. The molecule has 10 heteroatoms. The maximum absolute atomic E-state index is 4.44. The number of para-hydroxylation sites is 1. The molecule has 0 unspecified atom stereocenters. The fraction of sp³-hybridized carbons (Fsp3) is 0.316. The molecule has 1 saturated heterocycles. The molecule has 3 aromatic rings. The van der Waals surface area contributed by atoms with Crippen LogP contribution in [0.15, 0.2) is 60.1 Å². The maximum Gasteiger partial charge on any atom is 0.225 e. The van der Waals surface area contributed by atoms with Crippen LogP contribution in [-0.4, -0.2) is 68.8 Å². The highest BCUT2D eigenvalue weighted by molar-refractivity contribution is 14.0. The molecular formula is C19H24IN9. The molecule has 0 bridgehead atoms. The first-order chi connectivity index (χ1) is 13.8.